The average Bonchev–Trinajstić information content (AvgIpc) is 2.73. The Morgan fingerprint density at radius 2 is 0.941 bits per heavy atom. The van der Waals surface area contributed by atoms with E-state index >= 15 is 0 Å². The first-order chi connectivity index (χ1) is 16.0. The van der Waals surface area contributed by atoms with Crippen molar-refractivity contribution in [3.63, 3.8) is 0 Å². The Morgan fingerprint density at radius 1 is 0.618 bits per heavy atom. The van der Waals surface area contributed by atoms with Gasteiger partial charge in [-0.2, -0.15) is 0 Å². The van der Waals surface area contributed by atoms with Gasteiger partial charge >= 0.3 is 0 Å². The highest BCUT2D eigenvalue weighted by Gasteiger charge is 2.22. The fourth-order valence-corrected chi connectivity index (χ4v) is 6.75. The fraction of sp³-hybridized carbons (Fsp3) is 0.571. The summed E-state index contributed by atoms with van der Waals surface area (Å²) in [5.41, 5.74) is 7.06. The van der Waals surface area contributed by atoms with E-state index < -0.39 is 0 Å². The second-order valence-corrected chi connectivity index (χ2v) is 12.9. The molecule has 2 rings (SSSR count). The van der Waals surface area contributed by atoms with E-state index in [4.69, 9.17) is 9.47 Å². The van der Waals surface area contributed by atoms with Crippen molar-refractivity contribution >= 4 is 21.6 Å². The van der Waals surface area contributed by atoms with Crippen molar-refractivity contribution in [2.75, 3.05) is 27.4 Å². The number of methoxy groups -OCH3 is 2. The molecule has 6 heteroatoms. The summed E-state index contributed by atoms with van der Waals surface area (Å²) in [6, 6.07) is 8.93. The molecule has 190 valence electrons. The molecule has 0 atom stereocenters. The minimum absolute atomic E-state index is 0.00912. The Labute approximate surface area is 214 Å². The number of aliphatic hydroxyl groups excluding tert-OH is 2. The smallest absolute Gasteiger partial charge is 0.0724 e. The van der Waals surface area contributed by atoms with Crippen LogP contribution in [0.15, 0.2) is 34.1 Å². The van der Waals surface area contributed by atoms with Crippen LogP contribution < -0.4 is 0 Å². The van der Waals surface area contributed by atoms with Gasteiger partial charge in [0, 0.05) is 37.2 Å². The van der Waals surface area contributed by atoms with Gasteiger partial charge in [-0.1, -0.05) is 87.4 Å². The van der Waals surface area contributed by atoms with Gasteiger partial charge in [-0.3, -0.25) is 0 Å². The third kappa shape index (κ3) is 7.74. The van der Waals surface area contributed by atoms with Gasteiger partial charge in [0.2, 0.25) is 0 Å². The molecule has 0 aliphatic rings. The van der Waals surface area contributed by atoms with Crippen molar-refractivity contribution in [1.29, 1.82) is 0 Å². The van der Waals surface area contributed by atoms with Crippen LogP contribution in [-0.4, -0.2) is 37.6 Å². The Morgan fingerprint density at radius 3 is 1.24 bits per heavy atom. The molecule has 2 aromatic rings. The van der Waals surface area contributed by atoms with Gasteiger partial charge in [-0.25, -0.2) is 0 Å². The van der Waals surface area contributed by atoms with E-state index in [1.165, 1.54) is 11.1 Å². The van der Waals surface area contributed by atoms with Crippen LogP contribution in [-0.2, 0) is 46.4 Å². The minimum atomic E-state index is -0.00912. The molecule has 0 spiro atoms. The van der Waals surface area contributed by atoms with Crippen LogP contribution in [0.3, 0.4) is 0 Å². The largest absolute Gasteiger partial charge is 0.396 e. The van der Waals surface area contributed by atoms with E-state index in [-0.39, 0.29) is 24.0 Å². The summed E-state index contributed by atoms with van der Waals surface area (Å²) in [5, 5.41) is 19.6. The van der Waals surface area contributed by atoms with Crippen molar-refractivity contribution < 1.29 is 19.7 Å². The molecule has 0 heterocycles. The lowest BCUT2D eigenvalue weighted by molar-refractivity contribution is 0.176. The molecule has 0 saturated carbocycles. The molecule has 0 aliphatic heterocycles. The van der Waals surface area contributed by atoms with Crippen molar-refractivity contribution in [2.24, 2.45) is 0 Å². The molecule has 0 saturated heterocycles. The Hall–Kier alpha value is -1.02. The number of hydrogen-bond donors (Lipinski definition) is 2. The van der Waals surface area contributed by atoms with Gasteiger partial charge in [0.25, 0.3) is 0 Å². The Bertz CT molecular complexity index is 811. The predicted octanol–water partition coefficient (Wildman–Crippen LogP) is 6.44. The molecule has 0 bridgehead atoms. The van der Waals surface area contributed by atoms with Crippen molar-refractivity contribution in [3.05, 3.63) is 57.6 Å². The number of rotatable bonds is 11. The second-order valence-electron chi connectivity index (χ2n) is 10.7. The van der Waals surface area contributed by atoms with Crippen molar-refractivity contribution in [2.45, 2.75) is 88.2 Å². The van der Waals surface area contributed by atoms with E-state index in [1.807, 2.05) is 0 Å². The first-order valence-corrected chi connectivity index (χ1v) is 14.0. The summed E-state index contributed by atoms with van der Waals surface area (Å²) < 4.78 is 11.1. The SMILES string of the molecule is COCc1cc(C(C)(C)C)cc(COC)c1SSc1c(CCO)cc(C(C)(C)C)cc1CCO. The third-order valence-electron chi connectivity index (χ3n) is 5.79. The van der Waals surface area contributed by atoms with Crippen molar-refractivity contribution in [3.8, 4) is 0 Å². The van der Waals surface area contributed by atoms with Gasteiger partial charge in [-0.05, 0) is 57.1 Å². The summed E-state index contributed by atoms with van der Waals surface area (Å²) in [7, 11) is 6.87. The van der Waals surface area contributed by atoms with Crippen LogP contribution in [0.5, 0.6) is 0 Å². The van der Waals surface area contributed by atoms with Crippen LogP contribution >= 0.6 is 21.6 Å². The molecular formula is C28H42O4S2. The number of benzene rings is 2. The van der Waals surface area contributed by atoms with Crippen LogP contribution in [0.1, 0.15) is 74.9 Å². The first-order valence-electron chi connectivity index (χ1n) is 11.8. The van der Waals surface area contributed by atoms with Gasteiger partial charge in [0.05, 0.1) is 13.2 Å². The number of ether oxygens (including phenoxy) is 2. The summed E-state index contributed by atoms with van der Waals surface area (Å²) >= 11 is 0. The molecular weight excluding hydrogens is 464 g/mol. The van der Waals surface area contributed by atoms with Gasteiger partial charge < -0.3 is 19.7 Å². The minimum Gasteiger partial charge on any atom is -0.396 e. The van der Waals surface area contributed by atoms with Crippen LogP contribution in [0.4, 0.5) is 0 Å². The summed E-state index contributed by atoms with van der Waals surface area (Å²) in [4.78, 5) is 2.29. The molecule has 0 amide bonds. The Kier molecular flexibility index (Phi) is 11.0. The second kappa shape index (κ2) is 12.8. The first kappa shape index (κ1) is 29.2. The highest BCUT2D eigenvalue weighted by atomic mass is 33.1. The third-order valence-corrected chi connectivity index (χ3v) is 8.50. The fourth-order valence-electron chi connectivity index (χ4n) is 3.81. The van der Waals surface area contributed by atoms with E-state index in [2.05, 4.69) is 65.8 Å². The van der Waals surface area contributed by atoms with E-state index in [1.54, 1.807) is 35.8 Å². The van der Waals surface area contributed by atoms with Gasteiger partial charge in [0.1, 0.15) is 0 Å². The topological polar surface area (TPSA) is 58.9 Å². The normalized spacial score (nSPS) is 12.4. The molecule has 2 N–H and O–H groups in total. The van der Waals surface area contributed by atoms with Gasteiger partial charge in [-0.15, -0.1) is 0 Å². The Balaban J connectivity index is 2.58. The standard InChI is InChI=1S/C28H42O4S2/c1-27(2,3)23-13-19(9-11-29)25(20(14-23)10-12-30)33-34-26-21(17-31-7)15-24(28(4,5)6)16-22(26)18-32-8/h13-16,29-30H,9-12,17-18H2,1-8H3. The monoisotopic (exact) mass is 506 g/mol. The zero-order valence-corrected chi connectivity index (χ0v) is 23.7. The van der Waals surface area contributed by atoms with Gasteiger partial charge in [0.15, 0.2) is 0 Å². The molecule has 4 nitrogen and oxygen atoms in total. The van der Waals surface area contributed by atoms with Crippen molar-refractivity contribution in [1.82, 2.24) is 0 Å². The molecule has 0 fully saturated rings. The predicted molar refractivity (Wildman–Crippen MR) is 145 cm³/mol. The number of aliphatic hydroxyl groups is 2. The maximum Gasteiger partial charge on any atom is 0.0724 e. The molecule has 0 unspecified atom stereocenters. The average molecular weight is 507 g/mol. The number of hydrogen-bond acceptors (Lipinski definition) is 6. The van der Waals surface area contributed by atoms with Crippen LogP contribution in [0, 0.1) is 0 Å². The molecule has 34 heavy (non-hydrogen) atoms. The molecule has 2 aromatic carbocycles. The zero-order valence-electron chi connectivity index (χ0n) is 22.1. The zero-order chi connectivity index (χ0) is 25.5. The highest BCUT2D eigenvalue weighted by molar-refractivity contribution is 8.76. The lowest BCUT2D eigenvalue weighted by Crippen LogP contribution is -2.14. The molecule has 0 aliphatic carbocycles. The molecule has 0 radical (unpaired) electrons. The summed E-state index contributed by atoms with van der Waals surface area (Å²) in [6.07, 6.45) is 1.17. The lowest BCUT2D eigenvalue weighted by atomic mass is 9.84. The van der Waals surface area contributed by atoms with E-state index in [0.29, 0.717) is 26.1 Å². The quantitative estimate of drug-likeness (QED) is 0.342. The van der Waals surface area contributed by atoms with E-state index in [0.717, 1.165) is 32.0 Å². The lowest BCUT2D eigenvalue weighted by Gasteiger charge is -2.25. The van der Waals surface area contributed by atoms with Crippen LogP contribution in [0.2, 0.25) is 0 Å². The molecule has 0 aromatic heterocycles. The van der Waals surface area contributed by atoms with E-state index in [9.17, 15) is 10.2 Å². The maximum atomic E-state index is 9.78. The maximum absolute atomic E-state index is 9.78. The summed E-state index contributed by atoms with van der Waals surface area (Å²) in [5.74, 6) is 0. The van der Waals surface area contributed by atoms with Crippen LogP contribution in [0.25, 0.3) is 0 Å². The summed E-state index contributed by atoms with van der Waals surface area (Å²) in [6.45, 7) is 14.5. The highest BCUT2D eigenvalue weighted by Crippen LogP contribution is 2.46.